The summed E-state index contributed by atoms with van der Waals surface area (Å²) in [5, 5.41) is 13.4. The van der Waals surface area contributed by atoms with Crippen molar-refractivity contribution in [2.45, 2.75) is 46.8 Å². The van der Waals surface area contributed by atoms with Crippen molar-refractivity contribution in [3.05, 3.63) is 122 Å². The first-order chi connectivity index (χ1) is 18.4. The second-order valence-electron chi connectivity index (χ2n) is 9.94. The number of fused-ring (bicyclic) bond motifs is 1. The number of nitrogens with one attached hydrogen (secondary N) is 1. The number of halogens is 1. The van der Waals surface area contributed by atoms with Crippen LogP contribution in [0, 0.1) is 26.6 Å². The van der Waals surface area contributed by atoms with Gasteiger partial charge in [0.1, 0.15) is 5.82 Å². The van der Waals surface area contributed by atoms with Crippen molar-refractivity contribution in [1.82, 2.24) is 30.1 Å². The van der Waals surface area contributed by atoms with E-state index in [4.69, 9.17) is 0 Å². The number of aromatic nitrogens is 5. The van der Waals surface area contributed by atoms with Crippen molar-refractivity contribution in [1.29, 1.82) is 0 Å². The highest BCUT2D eigenvalue weighted by molar-refractivity contribution is 5.82. The summed E-state index contributed by atoms with van der Waals surface area (Å²) in [5.74, 6) is 0.405. The number of aryl methyl sites for hydroxylation is 3. The number of aromatic amines is 1. The summed E-state index contributed by atoms with van der Waals surface area (Å²) >= 11 is 0. The third-order valence-electron chi connectivity index (χ3n) is 6.94. The molecule has 0 saturated heterocycles. The Morgan fingerprint density at radius 2 is 1.71 bits per heavy atom. The number of hydrogen-bond donors (Lipinski definition) is 1. The van der Waals surface area contributed by atoms with Crippen LogP contribution in [-0.2, 0) is 26.1 Å². The molecule has 0 amide bonds. The largest absolute Gasteiger partial charge is 0.321 e. The van der Waals surface area contributed by atoms with Gasteiger partial charge in [-0.15, -0.1) is 5.10 Å². The average Bonchev–Trinajstić information content (AvgIpc) is 3.32. The lowest BCUT2D eigenvalue weighted by atomic mass is 10.0. The molecule has 7 nitrogen and oxygen atoms in total. The Labute approximate surface area is 220 Å². The Morgan fingerprint density at radius 3 is 2.50 bits per heavy atom. The van der Waals surface area contributed by atoms with E-state index in [-0.39, 0.29) is 11.4 Å². The standard InChI is InChI=1S/C30H31FN6O/c1-20-14-22(3)29-25(15-20)16-26(30(38)32-29)18-36(13-12-24-7-5-4-6-21(24)2)19-28-33-34-35-37(28)17-23-8-10-27(31)11-9-23/h4-11,14-16H,12-13,17-19H2,1-3H3,(H,32,38). The first kappa shape index (κ1) is 25.5. The third-order valence-corrected chi connectivity index (χ3v) is 6.94. The molecule has 3 aromatic carbocycles. The van der Waals surface area contributed by atoms with E-state index in [9.17, 15) is 9.18 Å². The van der Waals surface area contributed by atoms with Crippen molar-refractivity contribution >= 4 is 10.9 Å². The van der Waals surface area contributed by atoms with Gasteiger partial charge in [0, 0.05) is 18.7 Å². The zero-order valence-corrected chi connectivity index (χ0v) is 21.9. The Hall–Kier alpha value is -4.17. The van der Waals surface area contributed by atoms with Crippen molar-refractivity contribution < 1.29 is 4.39 Å². The molecular weight excluding hydrogens is 479 g/mol. The van der Waals surface area contributed by atoms with E-state index in [0.29, 0.717) is 31.0 Å². The van der Waals surface area contributed by atoms with Gasteiger partial charge in [-0.25, -0.2) is 9.07 Å². The highest BCUT2D eigenvalue weighted by Gasteiger charge is 2.16. The topological polar surface area (TPSA) is 79.7 Å². The van der Waals surface area contributed by atoms with Crippen LogP contribution in [0.5, 0.6) is 0 Å². The van der Waals surface area contributed by atoms with Crippen LogP contribution < -0.4 is 5.56 Å². The summed E-state index contributed by atoms with van der Waals surface area (Å²) in [6.07, 6.45) is 0.829. The minimum Gasteiger partial charge on any atom is -0.321 e. The van der Waals surface area contributed by atoms with E-state index in [1.807, 2.05) is 19.1 Å². The Bertz CT molecular complexity index is 1620. The van der Waals surface area contributed by atoms with Gasteiger partial charge in [0.25, 0.3) is 5.56 Å². The Morgan fingerprint density at radius 1 is 0.921 bits per heavy atom. The van der Waals surface area contributed by atoms with E-state index in [0.717, 1.165) is 40.6 Å². The van der Waals surface area contributed by atoms with E-state index >= 15 is 0 Å². The molecule has 5 rings (SSSR count). The fourth-order valence-electron chi connectivity index (χ4n) is 4.90. The molecule has 2 aromatic heterocycles. The lowest BCUT2D eigenvalue weighted by Gasteiger charge is -2.22. The molecule has 0 fully saturated rings. The predicted molar refractivity (Wildman–Crippen MR) is 146 cm³/mol. The van der Waals surface area contributed by atoms with Gasteiger partial charge in [-0.3, -0.25) is 9.69 Å². The fraction of sp³-hybridized carbons (Fsp3) is 0.267. The number of nitrogens with zero attached hydrogens (tertiary/aromatic N) is 5. The fourth-order valence-corrected chi connectivity index (χ4v) is 4.90. The number of hydrogen-bond acceptors (Lipinski definition) is 5. The molecule has 0 radical (unpaired) electrons. The van der Waals surface area contributed by atoms with Crippen LogP contribution in [0.25, 0.3) is 10.9 Å². The van der Waals surface area contributed by atoms with Gasteiger partial charge >= 0.3 is 0 Å². The molecule has 0 saturated carbocycles. The number of benzene rings is 3. The van der Waals surface area contributed by atoms with Gasteiger partial charge in [-0.1, -0.05) is 48.0 Å². The zero-order chi connectivity index (χ0) is 26.6. The number of rotatable bonds is 9. The van der Waals surface area contributed by atoms with Gasteiger partial charge in [0.2, 0.25) is 0 Å². The quantitative estimate of drug-likeness (QED) is 0.306. The first-order valence-electron chi connectivity index (χ1n) is 12.8. The van der Waals surface area contributed by atoms with Gasteiger partial charge in [0.15, 0.2) is 5.82 Å². The number of pyridine rings is 1. The molecule has 5 aromatic rings. The molecule has 8 heteroatoms. The molecule has 2 heterocycles. The monoisotopic (exact) mass is 510 g/mol. The molecule has 0 aliphatic rings. The molecule has 0 atom stereocenters. The summed E-state index contributed by atoms with van der Waals surface area (Å²) < 4.78 is 15.1. The van der Waals surface area contributed by atoms with Crippen LogP contribution >= 0.6 is 0 Å². The van der Waals surface area contributed by atoms with Crippen molar-refractivity contribution in [2.24, 2.45) is 0 Å². The van der Waals surface area contributed by atoms with Crippen LogP contribution in [0.3, 0.4) is 0 Å². The SMILES string of the molecule is Cc1cc(C)c2[nH]c(=O)c(CN(CCc3ccccc3C)Cc3nnnn3Cc3ccc(F)cc3)cc2c1. The average molecular weight is 511 g/mol. The molecule has 0 bridgehead atoms. The Balaban J connectivity index is 1.43. The summed E-state index contributed by atoms with van der Waals surface area (Å²) in [4.78, 5) is 18.4. The van der Waals surface area contributed by atoms with Gasteiger partial charge in [-0.05, 0) is 89.5 Å². The normalized spacial score (nSPS) is 11.5. The summed E-state index contributed by atoms with van der Waals surface area (Å²) in [6.45, 7) is 8.26. The van der Waals surface area contributed by atoms with Crippen molar-refractivity contribution in [3.63, 3.8) is 0 Å². The lowest BCUT2D eigenvalue weighted by Crippen LogP contribution is -2.30. The van der Waals surface area contributed by atoms with Gasteiger partial charge in [-0.2, -0.15) is 0 Å². The first-order valence-corrected chi connectivity index (χ1v) is 12.8. The molecule has 0 aliphatic carbocycles. The van der Waals surface area contributed by atoms with E-state index in [1.165, 1.54) is 23.3 Å². The highest BCUT2D eigenvalue weighted by atomic mass is 19.1. The molecule has 0 unspecified atom stereocenters. The summed E-state index contributed by atoms with van der Waals surface area (Å²) in [7, 11) is 0. The maximum atomic E-state index is 13.4. The smallest absolute Gasteiger partial charge is 0.252 e. The van der Waals surface area contributed by atoms with Gasteiger partial charge < -0.3 is 4.98 Å². The maximum absolute atomic E-state index is 13.4. The maximum Gasteiger partial charge on any atom is 0.252 e. The highest BCUT2D eigenvalue weighted by Crippen LogP contribution is 2.19. The lowest BCUT2D eigenvalue weighted by molar-refractivity contribution is 0.248. The summed E-state index contributed by atoms with van der Waals surface area (Å²) in [6, 6.07) is 20.8. The van der Waals surface area contributed by atoms with Crippen molar-refractivity contribution in [2.75, 3.05) is 6.54 Å². The molecular formula is C30H31FN6O. The molecule has 0 spiro atoms. The second-order valence-corrected chi connectivity index (χ2v) is 9.94. The minimum absolute atomic E-state index is 0.0868. The van der Waals surface area contributed by atoms with E-state index in [2.05, 4.69) is 69.6 Å². The van der Waals surface area contributed by atoms with E-state index in [1.54, 1.807) is 16.8 Å². The second kappa shape index (κ2) is 11.1. The predicted octanol–water partition coefficient (Wildman–Crippen LogP) is 4.87. The zero-order valence-electron chi connectivity index (χ0n) is 21.9. The van der Waals surface area contributed by atoms with Crippen LogP contribution in [-0.4, -0.2) is 36.6 Å². The van der Waals surface area contributed by atoms with Crippen molar-refractivity contribution in [3.8, 4) is 0 Å². The third kappa shape index (κ3) is 5.86. The van der Waals surface area contributed by atoms with Crippen LogP contribution in [0.1, 0.15) is 39.2 Å². The molecule has 1 N–H and O–H groups in total. The molecule has 0 aliphatic heterocycles. The van der Waals surface area contributed by atoms with Gasteiger partial charge in [0.05, 0.1) is 18.6 Å². The Kier molecular flexibility index (Phi) is 7.42. The molecule has 194 valence electrons. The summed E-state index contributed by atoms with van der Waals surface area (Å²) in [5.41, 5.74) is 7.11. The van der Waals surface area contributed by atoms with Crippen LogP contribution in [0.2, 0.25) is 0 Å². The van der Waals surface area contributed by atoms with E-state index < -0.39 is 0 Å². The van der Waals surface area contributed by atoms with Crippen LogP contribution in [0.4, 0.5) is 4.39 Å². The minimum atomic E-state index is -0.279. The molecule has 38 heavy (non-hydrogen) atoms. The number of H-pyrrole nitrogens is 1. The number of tetrazole rings is 1. The van der Waals surface area contributed by atoms with Crippen LogP contribution in [0.15, 0.2) is 71.5 Å².